The van der Waals surface area contributed by atoms with E-state index in [2.05, 4.69) is 23.7 Å². The number of anilines is 1. The zero-order valence-corrected chi connectivity index (χ0v) is 12.0. The number of thiazole rings is 1. The molecule has 1 aromatic rings. The Hall–Kier alpha value is -0.650. The quantitative estimate of drug-likeness (QED) is 0.815. The molecule has 1 rings (SSSR count). The van der Waals surface area contributed by atoms with Crippen LogP contribution in [-0.2, 0) is 4.74 Å². The van der Waals surface area contributed by atoms with Crippen LogP contribution < -0.4 is 10.6 Å². The van der Waals surface area contributed by atoms with Gasteiger partial charge in [0.25, 0.3) is 0 Å². The van der Waals surface area contributed by atoms with Crippen LogP contribution in [0.1, 0.15) is 38.9 Å². The summed E-state index contributed by atoms with van der Waals surface area (Å²) in [5.74, 6) is 0. The molecule has 1 aromatic heterocycles. The topological polar surface area (TPSA) is 51.4 Å². The minimum Gasteiger partial charge on any atom is -0.383 e. The van der Waals surface area contributed by atoms with Crippen molar-refractivity contribution >= 4 is 16.5 Å². The van der Waals surface area contributed by atoms with Crippen LogP contribution in [0.25, 0.3) is 0 Å². The molecule has 0 amide bonds. The van der Waals surface area contributed by atoms with E-state index in [4.69, 9.17) is 10.5 Å². The smallest absolute Gasteiger partial charge is 0.185 e. The van der Waals surface area contributed by atoms with Crippen LogP contribution in [0, 0.1) is 0 Å². The molecule has 0 aliphatic carbocycles. The first-order valence-electron chi connectivity index (χ1n) is 6.06. The number of nitrogens with two attached hydrogens (primary N) is 1. The summed E-state index contributed by atoms with van der Waals surface area (Å²) in [5.41, 5.74) is 6.81. The van der Waals surface area contributed by atoms with Crippen LogP contribution in [0.5, 0.6) is 0 Å². The van der Waals surface area contributed by atoms with Crippen LogP contribution >= 0.6 is 11.3 Å². The SMILES string of the molecule is CCC(C)N(CCOC)c1nc(C(C)N)cs1. The highest BCUT2D eigenvalue weighted by Gasteiger charge is 2.17. The third-order valence-corrected chi connectivity index (χ3v) is 3.78. The zero-order chi connectivity index (χ0) is 12.8. The number of hydrogen-bond acceptors (Lipinski definition) is 5. The zero-order valence-electron chi connectivity index (χ0n) is 11.1. The summed E-state index contributed by atoms with van der Waals surface area (Å²) >= 11 is 1.66. The van der Waals surface area contributed by atoms with Gasteiger partial charge in [-0.2, -0.15) is 0 Å². The molecular weight excluding hydrogens is 234 g/mol. The van der Waals surface area contributed by atoms with Gasteiger partial charge in [0.05, 0.1) is 12.3 Å². The van der Waals surface area contributed by atoms with Crippen molar-refractivity contribution in [1.82, 2.24) is 4.98 Å². The van der Waals surface area contributed by atoms with Crippen molar-refractivity contribution in [1.29, 1.82) is 0 Å². The van der Waals surface area contributed by atoms with E-state index in [-0.39, 0.29) is 6.04 Å². The molecule has 2 unspecified atom stereocenters. The standard InChI is InChI=1S/C12H23N3OS/c1-5-9(2)15(6-7-16-4)12-14-11(8-17-12)10(3)13/h8-10H,5-7,13H2,1-4H3. The largest absolute Gasteiger partial charge is 0.383 e. The van der Waals surface area contributed by atoms with Crippen molar-refractivity contribution in [3.8, 4) is 0 Å². The molecule has 0 spiro atoms. The van der Waals surface area contributed by atoms with Gasteiger partial charge in [-0.05, 0) is 20.3 Å². The molecule has 0 aliphatic heterocycles. The monoisotopic (exact) mass is 257 g/mol. The Kier molecular flexibility index (Phi) is 5.88. The van der Waals surface area contributed by atoms with Gasteiger partial charge in [-0.15, -0.1) is 11.3 Å². The second-order valence-corrected chi connectivity index (χ2v) is 5.12. The van der Waals surface area contributed by atoms with E-state index in [1.54, 1.807) is 18.4 Å². The molecule has 0 saturated carbocycles. The van der Waals surface area contributed by atoms with Crippen molar-refractivity contribution in [3.05, 3.63) is 11.1 Å². The lowest BCUT2D eigenvalue weighted by molar-refractivity contribution is 0.203. The second-order valence-electron chi connectivity index (χ2n) is 4.29. The van der Waals surface area contributed by atoms with Gasteiger partial charge in [0.1, 0.15) is 0 Å². The van der Waals surface area contributed by atoms with Crippen LogP contribution in [0.15, 0.2) is 5.38 Å². The molecule has 4 nitrogen and oxygen atoms in total. The van der Waals surface area contributed by atoms with Crippen LogP contribution in [-0.4, -0.2) is 31.3 Å². The summed E-state index contributed by atoms with van der Waals surface area (Å²) in [6.07, 6.45) is 1.09. The maximum Gasteiger partial charge on any atom is 0.185 e. The summed E-state index contributed by atoms with van der Waals surface area (Å²) in [6, 6.07) is 0.471. The fourth-order valence-electron chi connectivity index (χ4n) is 1.53. The van der Waals surface area contributed by atoms with Crippen LogP contribution in [0.3, 0.4) is 0 Å². The summed E-state index contributed by atoms with van der Waals surface area (Å²) in [5, 5.41) is 3.09. The lowest BCUT2D eigenvalue weighted by atomic mass is 10.2. The average molecular weight is 257 g/mol. The minimum absolute atomic E-state index is 0.00112. The molecule has 0 aliphatic rings. The van der Waals surface area contributed by atoms with Crippen molar-refractivity contribution in [2.75, 3.05) is 25.2 Å². The van der Waals surface area contributed by atoms with Gasteiger partial charge in [-0.1, -0.05) is 6.92 Å². The third kappa shape index (κ3) is 3.94. The lowest BCUT2D eigenvalue weighted by Crippen LogP contribution is -2.35. The van der Waals surface area contributed by atoms with Crippen LogP contribution in [0.4, 0.5) is 5.13 Å². The highest BCUT2D eigenvalue weighted by atomic mass is 32.1. The number of rotatable bonds is 7. The van der Waals surface area contributed by atoms with Gasteiger partial charge < -0.3 is 15.4 Å². The van der Waals surface area contributed by atoms with Gasteiger partial charge in [0, 0.05) is 31.1 Å². The highest BCUT2D eigenvalue weighted by Crippen LogP contribution is 2.25. The highest BCUT2D eigenvalue weighted by molar-refractivity contribution is 7.13. The Morgan fingerprint density at radius 2 is 2.24 bits per heavy atom. The number of nitrogens with zero attached hydrogens (tertiary/aromatic N) is 2. The first kappa shape index (κ1) is 14.4. The van der Waals surface area contributed by atoms with Gasteiger partial charge in [-0.3, -0.25) is 0 Å². The van der Waals surface area contributed by atoms with Crippen molar-refractivity contribution < 1.29 is 4.74 Å². The van der Waals surface area contributed by atoms with E-state index in [9.17, 15) is 0 Å². The predicted molar refractivity (Wildman–Crippen MR) is 73.7 cm³/mol. The van der Waals surface area contributed by atoms with Gasteiger partial charge >= 0.3 is 0 Å². The van der Waals surface area contributed by atoms with E-state index < -0.39 is 0 Å². The molecule has 0 bridgehead atoms. The average Bonchev–Trinajstić information content (AvgIpc) is 2.78. The van der Waals surface area contributed by atoms with Gasteiger partial charge in [0.2, 0.25) is 0 Å². The maximum atomic E-state index is 5.84. The van der Waals surface area contributed by atoms with Gasteiger partial charge in [0.15, 0.2) is 5.13 Å². The van der Waals surface area contributed by atoms with Crippen molar-refractivity contribution in [2.24, 2.45) is 5.73 Å². The minimum atomic E-state index is 0.00112. The van der Waals surface area contributed by atoms with Gasteiger partial charge in [-0.25, -0.2) is 4.98 Å². The van der Waals surface area contributed by atoms with E-state index in [0.717, 1.165) is 30.4 Å². The number of aromatic nitrogens is 1. The summed E-state index contributed by atoms with van der Waals surface area (Å²) in [7, 11) is 1.73. The first-order chi connectivity index (χ1) is 8.10. The fraction of sp³-hybridized carbons (Fsp3) is 0.750. The molecule has 17 heavy (non-hydrogen) atoms. The molecule has 0 radical (unpaired) electrons. The fourth-order valence-corrected chi connectivity index (χ4v) is 2.59. The Labute approximate surface area is 108 Å². The van der Waals surface area contributed by atoms with Crippen molar-refractivity contribution in [3.63, 3.8) is 0 Å². The number of methoxy groups -OCH3 is 1. The molecule has 5 heteroatoms. The van der Waals surface area contributed by atoms with Crippen molar-refractivity contribution in [2.45, 2.75) is 39.3 Å². The molecule has 2 N–H and O–H groups in total. The van der Waals surface area contributed by atoms with E-state index in [1.807, 2.05) is 12.3 Å². The molecule has 1 heterocycles. The Balaban J connectivity index is 2.80. The summed E-state index contributed by atoms with van der Waals surface area (Å²) in [4.78, 5) is 6.89. The number of hydrogen-bond donors (Lipinski definition) is 1. The number of ether oxygens (including phenoxy) is 1. The Bertz CT molecular complexity index is 327. The third-order valence-electron chi connectivity index (χ3n) is 2.88. The summed E-state index contributed by atoms with van der Waals surface area (Å²) in [6.45, 7) is 7.95. The summed E-state index contributed by atoms with van der Waals surface area (Å²) < 4.78 is 5.15. The molecule has 0 aromatic carbocycles. The van der Waals surface area contributed by atoms with E-state index in [0.29, 0.717) is 6.04 Å². The van der Waals surface area contributed by atoms with E-state index in [1.165, 1.54) is 0 Å². The maximum absolute atomic E-state index is 5.84. The molecule has 2 atom stereocenters. The lowest BCUT2D eigenvalue weighted by Gasteiger charge is -2.27. The molecular formula is C12H23N3OS. The molecule has 0 fully saturated rings. The predicted octanol–water partition coefficient (Wildman–Crippen LogP) is 2.41. The van der Waals surface area contributed by atoms with Crippen LogP contribution in [0.2, 0.25) is 0 Å². The van der Waals surface area contributed by atoms with E-state index >= 15 is 0 Å². The Morgan fingerprint density at radius 1 is 1.53 bits per heavy atom. The first-order valence-corrected chi connectivity index (χ1v) is 6.94. The normalized spacial score (nSPS) is 14.6. The molecule has 0 saturated heterocycles. The Morgan fingerprint density at radius 3 is 2.71 bits per heavy atom. The molecule has 98 valence electrons. The second kappa shape index (κ2) is 6.93.